The molecule has 0 bridgehead atoms. The SMILES string of the molecule is Cc1cccc(N2CCN(C(=O)CSc3nc4ccccc4c(=O)n3C(C)C)CC2)c1. The Labute approximate surface area is 186 Å². The molecule has 0 atom stereocenters. The van der Waals surface area contributed by atoms with Crippen molar-refractivity contribution in [3.8, 4) is 0 Å². The van der Waals surface area contributed by atoms with Gasteiger partial charge in [-0.15, -0.1) is 0 Å². The second-order valence-corrected chi connectivity index (χ2v) is 9.12. The maximum absolute atomic E-state index is 12.9. The lowest BCUT2D eigenvalue weighted by Crippen LogP contribution is -2.49. The molecule has 0 N–H and O–H groups in total. The van der Waals surface area contributed by atoms with Crippen molar-refractivity contribution >= 4 is 34.3 Å². The highest BCUT2D eigenvalue weighted by Gasteiger charge is 2.22. The molecule has 1 aliphatic rings. The largest absolute Gasteiger partial charge is 0.368 e. The number of rotatable bonds is 5. The summed E-state index contributed by atoms with van der Waals surface area (Å²) in [5.74, 6) is 0.369. The van der Waals surface area contributed by atoms with Gasteiger partial charge in [0.1, 0.15) is 0 Å². The van der Waals surface area contributed by atoms with Gasteiger partial charge in [-0.05, 0) is 50.6 Å². The molecule has 0 radical (unpaired) electrons. The molecule has 3 aromatic rings. The van der Waals surface area contributed by atoms with Crippen molar-refractivity contribution in [1.29, 1.82) is 0 Å². The number of aromatic nitrogens is 2. The highest BCUT2D eigenvalue weighted by molar-refractivity contribution is 7.99. The first-order valence-corrected chi connectivity index (χ1v) is 11.7. The molecule has 162 valence electrons. The van der Waals surface area contributed by atoms with Crippen molar-refractivity contribution in [3.05, 3.63) is 64.4 Å². The van der Waals surface area contributed by atoms with E-state index in [-0.39, 0.29) is 23.3 Å². The maximum atomic E-state index is 12.9. The summed E-state index contributed by atoms with van der Waals surface area (Å²) < 4.78 is 1.69. The second-order valence-electron chi connectivity index (χ2n) is 8.18. The molecular formula is C24H28N4O2S. The predicted molar refractivity (Wildman–Crippen MR) is 127 cm³/mol. The average molecular weight is 437 g/mol. The van der Waals surface area contributed by atoms with Crippen LogP contribution in [-0.4, -0.2) is 52.3 Å². The molecule has 1 fully saturated rings. The Morgan fingerprint density at radius 2 is 1.81 bits per heavy atom. The summed E-state index contributed by atoms with van der Waals surface area (Å²) in [7, 11) is 0. The van der Waals surface area contributed by atoms with E-state index in [2.05, 4.69) is 41.1 Å². The van der Waals surface area contributed by atoms with Gasteiger partial charge in [-0.25, -0.2) is 4.98 Å². The van der Waals surface area contributed by atoms with Crippen LogP contribution in [0, 0.1) is 6.92 Å². The van der Waals surface area contributed by atoms with Crippen LogP contribution in [0.15, 0.2) is 58.5 Å². The van der Waals surface area contributed by atoms with Gasteiger partial charge in [-0.3, -0.25) is 14.2 Å². The maximum Gasteiger partial charge on any atom is 0.262 e. The zero-order valence-electron chi connectivity index (χ0n) is 18.2. The Kier molecular flexibility index (Phi) is 6.32. The van der Waals surface area contributed by atoms with E-state index < -0.39 is 0 Å². The molecule has 1 aromatic heterocycles. The van der Waals surface area contributed by atoms with E-state index >= 15 is 0 Å². The van der Waals surface area contributed by atoms with E-state index in [1.54, 1.807) is 10.6 Å². The first kappa shape index (κ1) is 21.4. The number of para-hydroxylation sites is 1. The van der Waals surface area contributed by atoms with Crippen LogP contribution in [0.4, 0.5) is 5.69 Å². The monoisotopic (exact) mass is 436 g/mol. The van der Waals surface area contributed by atoms with Crippen molar-refractivity contribution in [2.45, 2.75) is 32.0 Å². The van der Waals surface area contributed by atoms with Gasteiger partial charge in [0.25, 0.3) is 5.56 Å². The molecule has 0 saturated carbocycles. The van der Waals surface area contributed by atoms with E-state index in [9.17, 15) is 9.59 Å². The fourth-order valence-corrected chi connectivity index (χ4v) is 4.97. The predicted octanol–water partition coefficient (Wildman–Crippen LogP) is 3.73. The Balaban J connectivity index is 1.43. The molecule has 1 amide bonds. The topological polar surface area (TPSA) is 58.4 Å². The average Bonchev–Trinajstić information content (AvgIpc) is 2.77. The molecule has 6 nitrogen and oxygen atoms in total. The lowest BCUT2D eigenvalue weighted by Gasteiger charge is -2.36. The number of thioether (sulfide) groups is 1. The summed E-state index contributed by atoms with van der Waals surface area (Å²) in [5.41, 5.74) is 3.07. The van der Waals surface area contributed by atoms with Crippen LogP contribution in [0.1, 0.15) is 25.5 Å². The summed E-state index contributed by atoms with van der Waals surface area (Å²) in [6.07, 6.45) is 0. The van der Waals surface area contributed by atoms with Crippen LogP contribution in [0.2, 0.25) is 0 Å². The second kappa shape index (κ2) is 9.14. The van der Waals surface area contributed by atoms with Crippen molar-refractivity contribution in [2.24, 2.45) is 0 Å². The van der Waals surface area contributed by atoms with Crippen LogP contribution in [-0.2, 0) is 4.79 Å². The van der Waals surface area contributed by atoms with Crippen molar-refractivity contribution in [3.63, 3.8) is 0 Å². The zero-order valence-corrected chi connectivity index (χ0v) is 19.1. The molecule has 0 unspecified atom stereocenters. The number of anilines is 1. The van der Waals surface area contributed by atoms with Crippen molar-refractivity contribution < 1.29 is 4.79 Å². The summed E-state index contributed by atoms with van der Waals surface area (Å²) in [5, 5.41) is 1.21. The lowest BCUT2D eigenvalue weighted by atomic mass is 10.2. The Morgan fingerprint density at radius 3 is 2.52 bits per heavy atom. The molecule has 31 heavy (non-hydrogen) atoms. The number of fused-ring (bicyclic) bond motifs is 1. The highest BCUT2D eigenvalue weighted by atomic mass is 32.2. The minimum absolute atomic E-state index is 0.0277. The number of carbonyl (C=O) groups is 1. The summed E-state index contributed by atoms with van der Waals surface area (Å²) in [6, 6.07) is 15.8. The quantitative estimate of drug-likeness (QED) is 0.451. The van der Waals surface area contributed by atoms with Crippen LogP contribution in [0.5, 0.6) is 0 Å². The number of aryl methyl sites for hydroxylation is 1. The minimum atomic E-state index is -0.0534. The van der Waals surface area contributed by atoms with E-state index in [0.29, 0.717) is 29.1 Å². The number of carbonyl (C=O) groups excluding carboxylic acids is 1. The summed E-state index contributed by atoms with van der Waals surface area (Å²) in [6.45, 7) is 9.08. The third kappa shape index (κ3) is 4.61. The zero-order chi connectivity index (χ0) is 22.0. The number of hydrogen-bond acceptors (Lipinski definition) is 5. The molecule has 4 rings (SSSR count). The van der Waals surface area contributed by atoms with E-state index in [0.717, 1.165) is 13.1 Å². The Hall–Kier alpha value is -2.80. The first-order chi connectivity index (χ1) is 14.9. The van der Waals surface area contributed by atoms with Gasteiger partial charge in [0.2, 0.25) is 5.91 Å². The molecule has 0 spiro atoms. The third-order valence-corrected chi connectivity index (χ3v) is 6.55. The van der Waals surface area contributed by atoms with Gasteiger partial charge in [0.05, 0.1) is 16.7 Å². The van der Waals surface area contributed by atoms with E-state index in [1.165, 1.54) is 23.0 Å². The number of benzene rings is 2. The van der Waals surface area contributed by atoms with Crippen LogP contribution >= 0.6 is 11.8 Å². The van der Waals surface area contributed by atoms with Gasteiger partial charge in [0.15, 0.2) is 5.16 Å². The highest BCUT2D eigenvalue weighted by Crippen LogP contribution is 2.22. The summed E-state index contributed by atoms with van der Waals surface area (Å²) >= 11 is 1.35. The smallest absolute Gasteiger partial charge is 0.262 e. The van der Waals surface area contributed by atoms with Gasteiger partial charge >= 0.3 is 0 Å². The van der Waals surface area contributed by atoms with Crippen molar-refractivity contribution in [2.75, 3.05) is 36.8 Å². The number of amides is 1. The molecule has 2 heterocycles. The first-order valence-electron chi connectivity index (χ1n) is 10.7. The van der Waals surface area contributed by atoms with Crippen LogP contribution in [0.3, 0.4) is 0 Å². The molecule has 0 aliphatic carbocycles. The number of piperazine rings is 1. The molecule has 1 saturated heterocycles. The Morgan fingerprint density at radius 1 is 1.06 bits per heavy atom. The third-order valence-electron chi connectivity index (χ3n) is 5.62. The van der Waals surface area contributed by atoms with E-state index in [1.807, 2.05) is 36.9 Å². The molecule has 7 heteroatoms. The van der Waals surface area contributed by atoms with Crippen molar-refractivity contribution in [1.82, 2.24) is 14.5 Å². The standard InChI is InChI=1S/C24H28N4O2S/c1-17(2)28-23(30)20-9-4-5-10-21(20)25-24(28)31-16-22(29)27-13-11-26(12-14-27)19-8-6-7-18(3)15-19/h4-10,15,17H,11-14,16H2,1-3H3. The molecule has 2 aromatic carbocycles. The van der Waals surface area contributed by atoms with Gasteiger partial charge < -0.3 is 9.80 Å². The fraction of sp³-hybridized carbons (Fsp3) is 0.375. The van der Waals surface area contributed by atoms with Gasteiger partial charge in [-0.1, -0.05) is 36.0 Å². The Bertz CT molecular complexity index is 1150. The summed E-state index contributed by atoms with van der Waals surface area (Å²) in [4.78, 5) is 34.7. The fourth-order valence-electron chi connectivity index (χ4n) is 3.94. The van der Waals surface area contributed by atoms with Crippen LogP contribution in [0.25, 0.3) is 10.9 Å². The number of nitrogens with zero attached hydrogens (tertiary/aromatic N) is 4. The van der Waals surface area contributed by atoms with Crippen LogP contribution < -0.4 is 10.5 Å². The molecule has 1 aliphatic heterocycles. The van der Waals surface area contributed by atoms with Gasteiger partial charge in [0, 0.05) is 37.9 Å². The lowest BCUT2D eigenvalue weighted by molar-refractivity contribution is -0.128. The minimum Gasteiger partial charge on any atom is -0.368 e. The molecular weight excluding hydrogens is 408 g/mol. The van der Waals surface area contributed by atoms with E-state index in [4.69, 9.17) is 0 Å². The number of hydrogen-bond donors (Lipinski definition) is 0. The normalized spacial score (nSPS) is 14.5. The van der Waals surface area contributed by atoms with Gasteiger partial charge in [-0.2, -0.15) is 0 Å².